The van der Waals surface area contributed by atoms with Crippen LogP contribution in [-0.4, -0.2) is 43.8 Å². The van der Waals surface area contributed by atoms with Crippen molar-refractivity contribution in [3.05, 3.63) is 83.9 Å². The zero-order valence-electron chi connectivity index (χ0n) is 23.0. The maximum Gasteiger partial charge on any atom is 0.260 e. The number of anilines is 1. The zero-order chi connectivity index (χ0) is 28.2. The zero-order valence-corrected chi connectivity index (χ0v) is 24.6. The fraction of sp³-hybridized carbons (Fsp3) is 0.333. The lowest BCUT2D eigenvalue weighted by Gasteiger charge is -2.26. The molecule has 4 aromatic rings. The van der Waals surface area contributed by atoms with Gasteiger partial charge in [-0.15, -0.1) is 0 Å². The van der Waals surface area contributed by atoms with Crippen LogP contribution < -0.4 is 9.64 Å². The first-order valence-electron chi connectivity index (χ1n) is 13.0. The third-order valence-corrected chi connectivity index (χ3v) is 9.01. The fourth-order valence-electron chi connectivity index (χ4n) is 4.29. The summed E-state index contributed by atoms with van der Waals surface area (Å²) in [7, 11) is -2.08. The molecule has 0 bridgehead atoms. The molecule has 0 atom stereocenters. The first kappa shape index (κ1) is 28.7. The van der Waals surface area contributed by atoms with Gasteiger partial charge in [0.2, 0.25) is 10.0 Å². The number of amides is 1. The van der Waals surface area contributed by atoms with Gasteiger partial charge < -0.3 is 4.74 Å². The Morgan fingerprint density at radius 1 is 0.923 bits per heavy atom. The smallest absolute Gasteiger partial charge is 0.260 e. The van der Waals surface area contributed by atoms with Crippen molar-refractivity contribution >= 4 is 42.6 Å². The van der Waals surface area contributed by atoms with E-state index in [4.69, 9.17) is 9.72 Å². The van der Waals surface area contributed by atoms with Crippen LogP contribution >= 0.6 is 11.3 Å². The monoisotopic (exact) mass is 565 g/mol. The molecule has 3 aromatic carbocycles. The number of thiazole rings is 1. The molecule has 0 radical (unpaired) electrons. The van der Waals surface area contributed by atoms with Gasteiger partial charge in [-0.1, -0.05) is 69.4 Å². The lowest BCUT2D eigenvalue weighted by molar-refractivity contribution is 0.0985. The number of carbonyl (C=O) groups excluding carboxylic acids is 1. The normalized spacial score (nSPS) is 12.0. The first-order valence-corrected chi connectivity index (χ1v) is 15.2. The fourth-order valence-corrected chi connectivity index (χ4v) is 7.05. The average molecular weight is 566 g/mol. The summed E-state index contributed by atoms with van der Waals surface area (Å²) in [6.45, 7) is 9.22. The summed E-state index contributed by atoms with van der Waals surface area (Å²) in [5.74, 6) is 0.855. The number of rotatable bonds is 11. The molecule has 0 aliphatic heterocycles. The van der Waals surface area contributed by atoms with Crippen LogP contribution in [0.1, 0.15) is 43.6 Å². The van der Waals surface area contributed by atoms with Gasteiger partial charge in [-0.25, -0.2) is 13.4 Å². The molecule has 0 spiro atoms. The molecule has 0 aliphatic carbocycles. The van der Waals surface area contributed by atoms with Crippen LogP contribution in [0.5, 0.6) is 5.75 Å². The van der Waals surface area contributed by atoms with E-state index in [0.717, 1.165) is 21.5 Å². The van der Waals surface area contributed by atoms with Crippen molar-refractivity contribution in [1.82, 2.24) is 9.29 Å². The highest BCUT2D eigenvalue weighted by atomic mass is 32.2. The number of fused-ring (bicyclic) bond motifs is 1. The Kier molecular flexibility index (Phi) is 9.04. The van der Waals surface area contributed by atoms with E-state index in [1.165, 1.54) is 27.8 Å². The van der Waals surface area contributed by atoms with Gasteiger partial charge in [0.15, 0.2) is 5.13 Å². The first-order chi connectivity index (χ1) is 18.6. The van der Waals surface area contributed by atoms with Crippen molar-refractivity contribution in [2.24, 2.45) is 11.8 Å². The van der Waals surface area contributed by atoms with Gasteiger partial charge in [0.25, 0.3) is 5.91 Å². The molecule has 0 unspecified atom stereocenters. The van der Waals surface area contributed by atoms with Gasteiger partial charge >= 0.3 is 0 Å². The minimum absolute atomic E-state index is 0.182. The van der Waals surface area contributed by atoms with E-state index in [-0.39, 0.29) is 22.6 Å². The summed E-state index contributed by atoms with van der Waals surface area (Å²) in [6.07, 6.45) is 0. The molecule has 0 fully saturated rings. The van der Waals surface area contributed by atoms with Gasteiger partial charge in [-0.3, -0.25) is 9.69 Å². The number of methoxy groups -OCH3 is 1. The number of hydrogen-bond donors (Lipinski definition) is 0. The van der Waals surface area contributed by atoms with Crippen LogP contribution in [0.3, 0.4) is 0 Å². The summed E-state index contributed by atoms with van der Waals surface area (Å²) in [4.78, 5) is 20.4. The molecule has 4 rings (SSSR count). The molecule has 0 saturated carbocycles. The molecule has 1 amide bonds. The molecular formula is C30H35N3O4S2. The third kappa shape index (κ3) is 6.84. The van der Waals surface area contributed by atoms with Gasteiger partial charge in [-0.05, 0) is 59.9 Å². The average Bonchev–Trinajstić information content (AvgIpc) is 3.34. The molecule has 0 aliphatic rings. The Morgan fingerprint density at radius 2 is 1.56 bits per heavy atom. The van der Waals surface area contributed by atoms with Crippen LogP contribution in [0.2, 0.25) is 0 Å². The number of sulfonamides is 1. The number of nitrogens with zero attached hydrogens (tertiary/aromatic N) is 3. The lowest BCUT2D eigenvalue weighted by atomic mass is 10.1. The quantitative estimate of drug-likeness (QED) is 0.209. The summed E-state index contributed by atoms with van der Waals surface area (Å²) >= 11 is 1.41. The second-order valence-corrected chi connectivity index (χ2v) is 13.3. The number of aromatic nitrogens is 1. The van der Waals surface area contributed by atoms with Crippen LogP contribution in [0.4, 0.5) is 5.13 Å². The Balaban J connectivity index is 1.67. The molecule has 7 nitrogen and oxygen atoms in total. The van der Waals surface area contributed by atoms with Crippen molar-refractivity contribution in [2.75, 3.05) is 25.1 Å². The second-order valence-electron chi connectivity index (χ2n) is 10.3. The molecule has 0 N–H and O–H groups in total. The number of carbonyl (C=O) groups is 1. The standard InChI is InChI=1S/C30H35N3O4S2/c1-21(2)18-32(19-22(3)4)39(35,36)26-14-11-24(12-15-26)29(34)33(20-23-9-7-6-8-10-23)30-31-27-16-13-25(37-5)17-28(27)38-30/h6-17,21-22H,18-20H2,1-5H3. The summed E-state index contributed by atoms with van der Waals surface area (Å²) < 4.78 is 34.7. The molecular weight excluding hydrogens is 530 g/mol. The second kappa shape index (κ2) is 12.3. The van der Waals surface area contributed by atoms with Crippen molar-refractivity contribution in [3.63, 3.8) is 0 Å². The molecule has 0 saturated heterocycles. The highest BCUT2D eigenvalue weighted by Crippen LogP contribution is 2.33. The van der Waals surface area contributed by atoms with E-state index >= 15 is 0 Å². The highest BCUT2D eigenvalue weighted by molar-refractivity contribution is 7.89. The van der Waals surface area contributed by atoms with Crippen LogP contribution in [-0.2, 0) is 16.6 Å². The van der Waals surface area contributed by atoms with E-state index in [9.17, 15) is 13.2 Å². The van der Waals surface area contributed by atoms with Crippen LogP contribution in [0.15, 0.2) is 77.7 Å². The minimum atomic E-state index is -3.69. The van der Waals surface area contributed by atoms with Crippen molar-refractivity contribution in [3.8, 4) is 5.75 Å². The maximum absolute atomic E-state index is 13.8. The van der Waals surface area contributed by atoms with Crippen LogP contribution in [0, 0.1) is 11.8 Å². The predicted molar refractivity (Wildman–Crippen MR) is 158 cm³/mol. The highest BCUT2D eigenvalue weighted by Gasteiger charge is 2.27. The van der Waals surface area contributed by atoms with E-state index in [0.29, 0.717) is 30.3 Å². The summed E-state index contributed by atoms with van der Waals surface area (Å²) in [5, 5.41) is 0.559. The predicted octanol–water partition coefficient (Wildman–Crippen LogP) is 6.45. The Labute approximate surface area is 235 Å². The van der Waals surface area contributed by atoms with E-state index in [2.05, 4.69) is 0 Å². The van der Waals surface area contributed by atoms with Gasteiger partial charge in [0.1, 0.15) is 5.75 Å². The third-order valence-electron chi connectivity index (χ3n) is 6.12. The lowest BCUT2D eigenvalue weighted by Crippen LogP contribution is -2.37. The van der Waals surface area contributed by atoms with Gasteiger partial charge in [0.05, 0.1) is 28.8 Å². The Bertz CT molecular complexity index is 1510. The maximum atomic E-state index is 13.8. The number of benzene rings is 3. The molecule has 1 heterocycles. The van der Waals surface area contributed by atoms with Gasteiger partial charge in [-0.2, -0.15) is 4.31 Å². The van der Waals surface area contributed by atoms with Crippen molar-refractivity contribution in [2.45, 2.75) is 39.1 Å². The molecule has 9 heteroatoms. The van der Waals surface area contributed by atoms with Crippen molar-refractivity contribution < 1.29 is 17.9 Å². The van der Waals surface area contributed by atoms with E-state index in [1.807, 2.05) is 76.2 Å². The van der Waals surface area contributed by atoms with Gasteiger partial charge in [0, 0.05) is 18.7 Å². The topological polar surface area (TPSA) is 79.8 Å². The van der Waals surface area contributed by atoms with Crippen molar-refractivity contribution in [1.29, 1.82) is 0 Å². The molecule has 1 aromatic heterocycles. The SMILES string of the molecule is COc1ccc2nc(N(Cc3ccccc3)C(=O)c3ccc(S(=O)(=O)N(CC(C)C)CC(C)C)cc3)sc2c1. The molecule has 39 heavy (non-hydrogen) atoms. The Morgan fingerprint density at radius 3 is 2.15 bits per heavy atom. The van der Waals surface area contributed by atoms with E-state index < -0.39 is 10.0 Å². The van der Waals surface area contributed by atoms with Crippen LogP contribution in [0.25, 0.3) is 10.2 Å². The van der Waals surface area contributed by atoms with E-state index in [1.54, 1.807) is 24.1 Å². The summed E-state index contributed by atoms with van der Waals surface area (Å²) in [6, 6.07) is 21.6. The Hall–Kier alpha value is -3.27. The summed E-state index contributed by atoms with van der Waals surface area (Å²) in [5.41, 5.74) is 2.12. The number of hydrogen-bond acceptors (Lipinski definition) is 6. The minimum Gasteiger partial charge on any atom is -0.497 e. The molecule has 206 valence electrons. The number of ether oxygens (including phenoxy) is 1. The largest absolute Gasteiger partial charge is 0.497 e.